The minimum Gasteiger partial charge on any atom is -0.497 e. The molecule has 2 N–H and O–H groups in total. The Morgan fingerprint density at radius 3 is 2.65 bits per heavy atom. The highest BCUT2D eigenvalue weighted by molar-refractivity contribution is 7.89. The van der Waals surface area contributed by atoms with Gasteiger partial charge >= 0.3 is 0 Å². The summed E-state index contributed by atoms with van der Waals surface area (Å²) in [6.45, 7) is 1.60. The molecule has 1 heterocycles. The quantitative estimate of drug-likeness (QED) is 0.695. The van der Waals surface area contributed by atoms with Crippen LogP contribution in [0.4, 0.5) is 0 Å². The van der Waals surface area contributed by atoms with Crippen LogP contribution in [0.15, 0.2) is 53.6 Å². The highest BCUT2D eigenvalue weighted by atomic mass is 32.2. The summed E-state index contributed by atoms with van der Waals surface area (Å²) in [5.41, 5.74) is 2.25. The summed E-state index contributed by atoms with van der Waals surface area (Å²) in [5, 5.41) is 11.4. The molecule has 0 saturated carbocycles. The van der Waals surface area contributed by atoms with Gasteiger partial charge in [0.25, 0.3) is 0 Å². The maximum atomic E-state index is 12.6. The maximum Gasteiger partial charge on any atom is 0.240 e. The van der Waals surface area contributed by atoms with Gasteiger partial charge in [-0.2, -0.15) is 0 Å². The number of para-hydroxylation sites is 1. The van der Waals surface area contributed by atoms with E-state index in [1.165, 1.54) is 13.2 Å². The van der Waals surface area contributed by atoms with E-state index in [2.05, 4.69) is 4.72 Å². The van der Waals surface area contributed by atoms with E-state index in [1.54, 1.807) is 19.1 Å². The number of ether oxygens (including phenoxy) is 1. The lowest BCUT2D eigenvalue weighted by molar-refractivity contribution is 0.183. The molecule has 0 aliphatic rings. The number of aliphatic hydroxyl groups excluding tert-OH is 1. The van der Waals surface area contributed by atoms with Crippen LogP contribution in [-0.2, 0) is 17.1 Å². The molecule has 7 heteroatoms. The summed E-state index contributed by atoms with van der Waals surface area (Å²) in [6.07, 6.45) is 0.872. The zero-order valence-corrected chi connectivity index (χ0v) is 15.7. The van der Waals surface area contributed by atoms with Gasteiger partial charge < -0.3 is 14.4 Å². The van der Waals surface area contributed by atoms with Crippen LogP contribution in [0.25, 0.3) is 10.9 Å². The van der Waals surface area contributed by atoms with E-state index in [4.69, 9.17) is 4.74 Å². The Balaban J connectivity index is 1.81. The molecular formula is C19H22N2O4S. The van der Waals surface area contributed by atoms with Gasteiger partial charge in [-0.25, -0.2) is 13.1 Å². The number of hydrogen-bond acceptors (Lipinski definition) is 4. The first-order valence-electron chi connectivity index (χ1n) is 8.20. The predicted octanol–water partition coefficient (Wildman–Crippen LogP) is 2.51. The van der Waals surface area contributed by atoms with E-state index in [9.17, 15) is 13.5 Å². The smallest absolute Gasteiger partial charge is 0.240 e. The van der Waals surface area contributed by atoms with Crippen molar-refractivity contribution in [1.29, 1.82) is 0 Å². The van der Waals surface area contributed by atoms with E-state index in [1.807, 2.05) is 42.1 Å². The van der Waals surface area contributed by atoms with Crippen LogP contribution in [0.2, 0.25) is 0 Å². The monoisotopic (exact) mass is 374 g/mol. The SMILES string of the molecule is COc1ccc(S(=O)(=O)NCC(O)c2cn(C)c3ccccc23)c(C)c1. The Bertz CT molecular complexity index is 1040. The van der Waals surface area contributed by atoms with Crippen molar-refractivity contribution in [2.24, 2.45) is 7.05 Å². The molecule has 0 aliphatic carbocycles. The first-order valence-corrected chi connectivity index (χ1v) is 9.68. The molecule has 0 fully saturated rings. The Kier molecular flexibility index (Phi) is 5.04. The van der Waals surface area contributed by atoms with Crippen molar-refractivity contribution < 1.29 is 18.3 Å². The third-order valence-electron chi connectivity index (χ3n) is 4.43. The summed E-state index contributed by atoms with van der Waals surface area (Å²) in [4.78, 5) is 0.170. The lowest BCUT2D eigenvalue weighted by Crippen LogP contribution is -2.29. The summed E-state index contributed by atoms with van der Waals surface area (Å²) in [7, 11) is -0.316. The van der Waals surface area contributed by atoms with Gasteiger partial charge in [-0.05, 0) is 36.8 Å². The second-order valence-electron chi connectivity index (χ2n) is 6.21. The highest BCUT2D eigenvalue weighted by Crippen LogP contribution is 2.26. The molecule has 0 spiro atoms. The molecule has 26 heavy (non-hydrogen) atoms. The molecule has 2 aromatic carbocycles. The summed E-state index contributed by atoms with van der Waals surface area (Å²) in [5.74, 6) is 0.595. The molecule has 0 aliphatic heterocycles. The second kappa shape index (κ2) is 7.11. The Morgan fingerprint density at radius 2 is 1.96 bits per heavy atom. The van der Waals surface area contributed by atoms with E-state index < -0.39 is 16.1 Å². The molecule has 138 valence electrons. The fourth-order valence-electron chi connectivity index (χ4n) is 3.07. The molecule has 1 unspecified atom stereocenters. The molecule has 6 nitrogen and oxygen atoms in total. The number of fused-ring (bicyclic) bond motifs is 1. The number of benzene rings is 2. The van der Waals surface area contributed by atoms with Crippen LogP contribution >= 0.6 is 0 Å². The summed E-state index contributed by atoms with van der Waals surface area (Å²) in [6, 6.07) is 12.4. The van der Waals surface area contributed by atoms with Crippen molar-refractivity contribution in [1.82, 2.24) is 9.29 Å². The minimum atomic E-state index is -3.74. The lowest BCUT2D eigenvalue weighted by Gasteiger charge is -2.14. The fourth-order valence-corrected chi connectivity index (χ4v) is 4.33. The van der Waals surface area contributed by atoms with Gasteiger partial charge in [0, 0.05) is 36.3 Å². The number of hydrogen-bond donors (Lipinski definition) is 2. The molecule has 3 rings (SSSR count). The first-order chi connectivity index (χ1) is 12.3. The number of rotatable bonds is 6. The molecular weight excluding hydrogens is 352 g/mol. The highest BCUT2D eigenvalue weighted by Gasteiger charge is 2.21. The van der Waals surface area contributed by atoms with Crippen LogP contribution in [-0.4, -0.2) is 31.7 Å². The van der Waals surface area contributed by atoms with Crippen LogP contribution in [0.1, 0.15) is 17.2 Å². The van der Waals surface area contributed by atoms with Crippen molar-refractivity contribution in [2.75, 3.05) is 13.7 Å². The van der Waals surface area contributed by atoms with Crippen LogP contribution in [0.3, 0.4) is 0 Å². The normalized spacial score (nSPS) is 13.1. The van der Waals surface area contributed by atoms with E-state index in [0.717, 1.165) is 10.9 Å². The van der Waals surface area contributed by atoms with E-state index in [-0.39, 0.29) is 11.4 Å². The van der Waals surface area contributed by atoms with Gasteiger partial charge in [0.2, 0.25) is 10.0 Å². The summed E-state index contributed by atoms with van der Waals surface area (Å²) < 4.78 is 34.7. The zero-order chi connectivity index (χ0) is 18.9. The van der Waals surface area contributed by atoms with Crippen molar-refractivity contribution in [3.05, 3.63) is 59.8 Å². The zero-order valence-electron chi connectivity index (χ0n) is 14.9. The number of methoxy groups -OCH3 is 1. The van der Waals surface area contributed by atoms with Gasteiger partial charge in [-0.1, -0.05) is 18.2 Å². The Labute approximate surface area is 153 Å². The van der Waals surface area contributed by atoms with Gasteiger partial charge in [0.1, 0.15) is 5.75 Å². The molecule has 0 saturated heterocycles. The topological polar surface area (TPSA) is 80.6 Å². The van der Waals surface area contributed by atoms with E-state index >= 15 is 0 Å². The minimum absolute atomic E-state index is 0.109. The van der Waals surface area contributed by atoms with Gasteiger partial charge in [-0.15, -0.1) is 0 Å². The van der Waals surface area contributed by atoms with Crippen molar-refractivity contribution in [3.8, 4) is 5.75 Å². The van der Waals surface area contributed by atoms with Crippen LogP contribution in [0.5, 0.6) is 5.75 Å². The number of nitrogens with one attached hydrogen (secondary N) is 1. The molecule has 1 atom stereocenters. The number of nitrogens with zero attached hydrogens (tertiary/aromatic N) is 1. The lowest BCUT2D eigenvalue weighted by atomic mass is 10.1. The number of sulfonamides is 1. The number of aromatic nitrogens is 1. The Morgan fingerprint density at radius 1 is 1.23 bits per heavy atom. The van der Waals surface area contributed by atoms with Gasteiger partial charge in [-0.3, -0.25) is 0 Å². The van der Waals surface area contributed by atoms with Crippen molar-refractivity contribution in [3.63, 3.8) is 0 Å². The second-order valence-corrected chi connectivity index (χ2v) is 7.95. The summed E-state index contributed by atoms with van der Waals surface area (Å²) >= 11 is 0. The van der Waals surface area contributed by atoms with Crippen molar-refractivity contribution in [2.45, 2.75) is 17.9 Å². The van der Waals surface area contributed by atoms with Crippen LogP contribution < -0.4 is 9.46 Å². The molecule has 0 bridgehead atoms. The Hall–Kier alpha value is -2.35. The average molecular weight is 374 g/mol. The van der Waals surface area contributed by atoms with Gasteiger partial charge in [0.15, 0.2) is 0 Å². The fraction of sp³-hybridized carbons (Fsp3) is 0.263. The predicted molar refractivity (Wildman–Crippen MR) is 101 cm³/mol. The number of aliphatic hydroxyl groups is 1. The molecule has 0 radical (unpaired) electrons. The van der Waals surface area contributed by atoms with Crippen LogP contribution in [0, 0.1) is 6.92 Å². The first kappa shape index (κ1) is 18.4. The standard InChI is InChI=1S/C19H22N2O4S/c1-13-10-14(25-3)8-9-19(13)26(23,24)20-11-18(22)16-12-21(2)17-7-5-4-6-15(16)17/h4-10,12,18,20,22H,11H2,1-3H3. The third kappa shape index (κ3) is 3.46. The van der Waals surface area contributed by atoms with E-state index in [0.29, 0.717) is 16.9 Å². The molecule has 3 aromatic rings. The molecule has 0 amide bonds. The molecule has 1 aromatic heterocycles. The number of aryl methyl sites for hydroxylation is 2. The largest absolute Gasteiger partial charge is 0.497 e. The third-order valence-corrected chi connectivity index (χ3v) is 6.01. The van der Waals surface area contributed by atoms with Crippen molar-refractivity contribution >= 4 is 20.9 Å². The maximum absolute atomic E-state index is 12.6. The van der Waals surface area contributed by atoms with Gasteiger partial charge in [0.05, 0.1) is 18.1 Å². The average Bonchev–Trinajstić information content (AvgIpc) is 2.96.